The SMILES string of the molecule is C[C@@H]1C[C@@H]2OC(=O)CCC/C=C\C[C@@H]2[C@H]1/C=C/[C@H](CCc1ccccc1)OPP. The summed E-state index contributed by atoms with van der Waals surface area (Å²) in [5.74, 6) is 1.28. The Bertz CT molecular complexity index is 689. The molecule has 0 radical (unpaired) electrons. The minimum Gasteiger partial charge on any atom is -0.462 e. The Labute approximate surface area is 179 Å². The molecule has 2 unspecified atom stereocenters. The number of carbonyl (C=O) groups is 1. The molecule has 1 aliphatic carbocycles. The van der Waals surface area contributed by atoms with Gasteiger partial charge in [-0.25, -0.2) is 0 Å². The largest absolute Gasteiger partial charge is 0.462 e. The van der Waals surface area contributed by atoms with Crippen LogP contribution < -0.4 is 0 Å². The highest BCUT2D eigenvalue weighted by Crippen LogP contribution is 2.42. The summed E-state index contributed by atoms with van der Waals surface area (Å²) in [5.41, 5.74) is 1.35. The van der Waals surface area contributed by atoms with E-state index in [0.717, 1.165) is 38.5 Å². The van der Waals surface area contributed by atoms with Gasteiger partial charge >= 0.3 is 5.97 Å². The third kappa shape index (κ3) is 7.02. The van der Waals surface area contributed by atoms with Gasteiger partial charge in [-0.3, -0.25) is 4.79 Å². The van der Waals surface area contributed by atoms with Gasteiger partial charge in [-0.15, -0.1) is 0 Å². The van der Waals surface area contributed by atoms with Crippen LogP contribution in [0.3, 0.4) is 0 Å². The van der Waals surface area contributed by atoms with Gasteiger partial charge < -0.3 is 9.26 Å². The number of esters is 1. The predicted molar refractivity (Wildman–Crippen MR) is 125 cm³/mol. The van der Waals surface area contributed by atoms with Crippen LogP contribution in [0.15, 0.2) is 54.6 Å². The molecule has 0 spiro atoms. The maximum Gasteiger partial charge on any atom is 0.306 e. The molecule has 1 saturated carbocycles. The van der Waals surface area contributed by atoms with Crippen molar-refractivity contribution in [3.63, 3.8) is 0 Å². The molecule has 2 aliphatic rings. The van der Waals surface area contributed by atoms with Gasteiger partial charge in [-0.2, -0.15) is 0 Å². The molecule has 7 atom stereocenters. The lowest BCUT2D eigenvalue weighted by Gasteiger charge is -2.24. The molecular weight excluding hydrogens is 398 g/mol. The minimum atomic E-state index is -0.0274. The second kappa shape index (κ2) is 12.0. The first-order valence-electron chi connectivity index (χ1n) is 10.9. The third-order valence-electron chi connectivity index (χ3n) is 6.17. The van der Waals surface area contributed by atoms with Crippen LogP contribution in [0.1, 0.15) is 51.0 Å². The van der Waals surface area contributed by atoms with Gasteiger partial charge in [-0.05, 0) is 55.9 Å². The Kier molecular flexibility index (Phi) is 9.37. The fraction of sp³-hybridized carbons (Fsp3) is 0.542. The van der Waals surface area contributed by atoms with Crippen LogP contribution in [-0.2, 0) is 20.5 Å². The zero-order chi connectivity index (χ0) is 20.5. The number of benzene rings is 1. The first-order chi connectivity index (χ1) is 14.2. The number of rotatable bonds is 7. The summed E-state index contributed by atoms with van der Waals surface area (Å²) >= 11 is 0. The molecule has 0 N–H and O–H groups in total. The van der Waals surface area contributed by atoms with Gasteiger partial charge in [0.05, 0.1) is 6.10 Å². The van der Waals surface area contributed by atoms with E-state index in [-0.39, 0.29) is 18.2 Å². The van der Waals surface area contributed by atoms with Crippen molar-refractivity contribution < 1.29 is 14.1 Å². The monoisotopic (exact) mass is 432 g/mol. The fourth-order valence-corrected chi connectivity index (χ4v) is 5.49. The molecule has 158 valence electrons. The molecule has 3 rings (SSSR count). The summed E-state index contributed by atoms with van der Waals surface area (Å²) in [6, 6.07) is 10.6. The number of fused-ring (bicyclic) bond motifs is 1. The number of allylic oxidation sites excluding steroid dienone is 3. The summed E-state index contributed by atoms with van der Waals surface area (Å²) in [5, 5.41) is 0. The Hall–Kier alpha value is -1.01. The normalized spacial score (nSPS) is 30.3. The molecule has 1 heterocycles. The Morgan fingerprint density at radius 3 is 2.93 bits per heavy atom. The van der Waals surface area contributed by atoms with E-state index >= 15 is 0 Å². The van der Waals surface area contributed by atoms with Crippen molar-refractivity contribution in [2.24, 2.45) is 17.8 Å². The van der Waals surface area contributed by atoms with Gasteiger partial charge in [0.1, 0.15) is 6.10 Å². The molecule has 29 heavy (non-hydrogen) atoms. The maximum absolute atomic E-state index is 12.1. The van der Waals surface area contributed by atoms with E-state index in [1.54, 1.807) is 0 Å². The molecule has 1 aromatic carbocycles. The minimum absolute atomic E-state index is 0.0274. The van der Waals surface area contributed by atoms with Crippen LogP contribution in [0.2, 0.25) is 0 Å². The van der Waals surface area contributed by atoms with Crippen molar-refractivity contribution in [2.75, 3.05) is 0 Å². The smallest absolute Gasteiger partial charge is 0.306 e. The molecule has 3 nitrogen and oxygen atoms in total. The zero-order valence-electron chi connectivity index (χ0n) is 17.3. The van der Waals surface area contributed by atoms with Crippen molar-refractivity contribution >= 4 is 23.4 Å². The van der Waals surface area contributed by atoms with Crippen molar-refractivity contribution in [2.45, 2.75) is 64.1 Å². The van der Waals surface area contributed by atoms with Crippen molar-refractivity contribution in [3.8, 4) is 0 Å². The summed E-state index contributed by atoms with van der Waals surface area (Å²) in [6.07, 6.45) is 15.6. The summed E-state index contributed by atoms with van der Waals surface area (Å²) < 4.78 is 11.9. The van der Waals surface area contributed by atoms with Crippen LogP contribution in [0, 0.1) is 17.8 Å². The molecular formula is C24H34O3P2. The van der Waals surface area contributed by atoms with Crippen LogP contribution in [0.25, 0.3) is 0 Å². The Balaban J connectivity index is 1.66. The Morgan fingerprint density at radius 1 is 1.31 bits per heavy atom. The molecule has 0 bridgehead atoms. The number of ether oxygens (including phenoxy) is 1. The van der Waals surface area contributed by atoms with Crippen molar-refractivity contribution in [1.82, 2.24) is 0 Å². The first-order valence-corrected chi connectivity index (χ1v) is 13.6. The summed E-state index contributed by atoms with van der Waals surface area (Å²) in [4.78, 5) is 12.1. The average molecular weight is 432 g/mol. The highest BCUT2D eigenvalue weighted by atomic mass is 32.0. The molecule has 1 aliphatic heterocycles. The Morgan fingerprint density at radius 2 is 2.14 bits per heavy atom. The number of hydrogen-bond acceptors (Lipinski definition) is 3. The fourth-order valence-electron chi connectivity index (χ4n) is 4.60. The standard InChI is InChI=1S/C24H34O3P2/c1-18-17-23-22(11-7-2-3-8-12-24(25)26-23)21(18)16-15-20(27-29-28)14-13-19-9-5-4-6-10-19/h2,4-7,9-10,15-16,18,20-23,29H,3,8,11-14,17,28H2,1H3/b7-2-,16-15+/t18-,20+,21+,22-,23+/m1/s1. The highest BCUT2D eigenvalue weighted by molar-refractivity contribution is 8.00. The van der Waals surface area contributed by atoms with E-state index in [4.69, 9.17) is 9.26 Å². The van der Waals surface area contributed by atoms with E-state index in [2.05, 4.69) is 70.5 Å². The van der Waals surface area contributed by atoms with E-state index in [1.807, 2.05) is 0 Å². The van der Waals surface area contributed by atoms with E-state index < -0.39 is 0 Å². The lowest BCUT2D eigenvalue weighted by Crippen LogP contribution is -2.25. The molecule has 1 fully saturated rings. The van der Waals surface area contributed by atoms with Crippen LogP contribution in [0.4, 0.5) is 0 Å². The first kappa shape index (κ1) is 22.7. The second-order valence-corrected chi connectivity index (χ2v) is 9.44. The second-order valence-electron chi connectivity index (χ2n) is 8.27. The number of aryl methyl sites for hydroxylation is 1. The topological polar surface area (TPSA) is 35.5 Å². The predicted octanol–water partition coefficient (Wildman–Crippen LogP) is 6.26. The quantitative estimate of drug-likeness (QED) is 0.290. The van der Waals surface area contributed by atoms with E-state index in [0.29, 0.717) is 32.7 Å². The number of carbonyl (C=O) groups excluding carboxylic acids is 1. The van der Waals surface area contributed by atoms with Gasteiger partial charge in [0.25, 0.3) is 0 Å². The van der Waals surface area contributed by atoms with Gasteiger partial charge in [0.2, 0.25) is 0 Å². The van der Waals surface area contributed by atoms with Gasteiger partial charge in [0, 0.05) is 20.8 Å². The van der Waals surface area contributed by atoms with Gasteiger partial charge in [0.15, 0.2) is 0 Å². The maximum atomic E-state index is 12.1. The molecule has 0 aromatic heterocycles. The lowest BCUT2D eigenvalue weighted by molar-refractivity contribution is -0.151. The van der Waals surface area contributed by atoms with Crippen molar-refractivity contribution in [1.29, 1.82) is 0 Å². The van der Waals surface area contributed by atoms with Crippen molar-refractivity contribution in [3.05, 3.63) is 60.2 Å². The van der Waals surface area contributed by atoms with E-state index in [1.165, 1.54) is 5.56 Å². The van der Waals surface area contributed by atoms with E-state index in [9.17, 15) is 4.79 Å². The summed E-state index contributed by atoms with van der Waals surface area (Å²) in [7, 11) is 3.09. The molecule has 0 amide bonds. The third-order valence-corrected chi connectivity index (χ3v) is 7.02. The summed E-state index contributed by atoms with van der Waals surface area (Å²) in [6.45, 7) is 2.29. The van der Waals surface area contributed by atoms with Gasteiger partial charge in [-0.1, -0.05) is 70.5 Å². The highest BCUT2D eigenvalue weighted by Gasteiger charge is 2.41. The van der Waals surface area contributed by atoms with Crippen LogP contribution >= 0.6 is 17.4 Å². The molecule has 0 saturated heterocycles. The molecule has 1 aromatic rings. The zero-order valence-corrected chi connectivity index (χ0v) is 19.5. The number of hydrogen-bond donors (Lipinski definition) is 0. The average Bonchev–Trinajstić information content (AvgIpc) is 3.01. The molecule has 5 heteroatoms. The lowest BCUT2D eigenvalue weighted by atomic mass is 9.86. The van der Waals surface area contributed by atoms with Crippen LogP contribution in [-0.4, -0.2) is 18.2 Å². The van der Waals surface area contributed by atoms with Crippen LogP contribution in [0.5, 0.6) is 0 Å².